The predicted molar refractivity (Wildman–Crippen MR) is 110 cm³/mol. The third-order valence-corrected chi connectivity index (χ3v) is 4.88. The number of thiocarbonyl (C=S) groups is 1. The van der Waals surface area contributed by atoms with E-state index in [1.165, 1.54) is 4.90 Å². The van der Waals surface area contributed by atoms with Crippen LogP contribution in [0.15, 0.2) is 42.1 Å². The van der Waals surface area contributed by atoms with E-state index >= 15 is 0 Å². The third kappa shape index (κ3) is 4.35. The Bertz CT molecular complexity index is 947. The maximum absolute atomic E-state index is 12.1. The van der Waals surface area contributed by atoms with Crippen molar-refractivity contribution in [2.24, 2.45) is 0 Å². The lowest BCUT2D eigenvalue weighted by atomic mass is 10.1. The summed E-state index contributed by atoms with van der Waals surface area (Å²) in [5.74, 6) is 1.01. The number of hydrogen-bond donors (Lipinski definition) is 1. The SMILES string of the molecule is COc1ccc(/C=C2/NC(=S)N(C)C2=O)cc1COc1ccc(Cl)cc1Cl. The smallest absolute Gasteiger partial charge is 0.276 e. The first-order valence-electron chi connectivity index (χ1n) is 7.94. The molecule has 1 aliphatic heterocycles. The summed E-state index contributed by atoms with van der Waals surface area (Å²) in [6.45, 7) is 0.237. The molecule has 27 heavy (non-hydrogen) atoms. The van der Waals surface area contributed by atoms with Crippen LogP contribution in [0.2, 0.25) is 10.0 Å². The molecule has 0 aliphatic carbocycles. The summed E-state index contributed by atoms with van der Waals surface area (Å²) in [5.41, 5.74) is 2.03. The van der Waals surface area contributed by atoms with Crippen LogP contribution in [0.3, 0.4) is 0 Å². The van der Waals surface area contributed by atoms with E-state index in [0.717, 1.165) is 11.1 Å². The van der Waals surface area contributed by atoms with Gasteiger partial charge >= 0.3 is 0 Å². The van der Waals surface area contributed by atoms with Crippen LogP contribution in [-0.4, -0.2) is 30.1 Å². The topological polar surface area (TPSA) is 50.8 Å². The van der Waals surface area contributed by atoms with E-state index in [9.17, 15) is 4.79 Å². The highest BCUT2D eigenvalue weighted by Gasteiger charge is 2.26. The van der Waals surface area contributed by atoms with Crippen LogP contribution in [0, 0.1) is 0 Å². The van der Waals surface area contributed by atoms with E-state index in [1.807, 2.05) is 18.2 Å². The molecule has 0 aromatic heterocycles. The zero-order valence-corrected chi connectivity index (χ0v) is 16.9. The minimum atomic E-state index is -0.179. The molecule has 1 heterocycles. The van der Waals surface area contributed by atoms with E-state index < -0.39 is 0 Å². The van der Waals surface area contributed by atoms with Gasteiger partial charge in [0.05, 0.1) is 12.1 Å². The number of amides is 1. The van der Waals surface area contributed by atoms with E-state index in [2.05, 4.69) is 5.32 Å². The first-order chi connectivity index (χ1) is 12.9. The Morgan fingerprint density at radius 2 is 1.93 bits per heavy atom. The molecule has 0 radical (unpaired) electrons. The van der Waals surface area contributed by atoms with Crippen molar-refractivity contribution in [1.29, 1.82) is 0 Å². The number of carbonyl (C=O) groups is 1. The summed E-state index contributed by atoms with van der Waals surface area (Å²) in [5, 5.41) is 4.24. The van der Waals surface area contributed by atoms with Gasteiger partial charge in [0.25, 0.3) is 5.91 Å². The molecule has 0 spiro atoms. The first kappa shape index (κ1) is 19.5. The van der Waals surface area contributed by atoms with E-state index in [-0.39, 0.29) is 12.5 Å². The first-order valence-corrected chi connectivity index (χ1v) is 9.11. The van der Waals surface area contributed by atoms with Crippen LogP contribution in [-0.2, 0) is 11.4 Å². The fourth-order valence-electron chi connectivity index (χ4n) is 2.54. The Kier molecular flexibility index (Phi) is 5.89. The largest absolute Gasteiger partial charge is 0.496 e. The quantitative estimate of drug-likeness (QED) is 0.575. The van der Waals surface area contributed by atoms with Crippen molar-refractivity contribution in [2.45, 2.75) is 6.61 Å². The molecule has 140 valence electrons. The number of benzene rings is 2. The Morgan fingerprint density at radius 3 is 2.56 bits per heavy atom. The van der Waals surface area contributed by atoms with Gasteiger partial charge in [0.15, 0.2) is 5.11 Å². The van der Waals surface area contributed by atoms with Crippen LogP contribution in [0.1, 0.15) is 11.1 Å². The van der Waals surface area contributed by atoms with Crippen molar-refractivity contribution in [3.63, 3.8) is 0 Å². The molecular formula is C19H16Cl2N2O3S. The minimum absolute atomic E-state index is 0.179. The monoisotopic (exact) mass is 422 g/mol. The highest BCUT2D eigenvalue weighted by molar-refractivity contribution is 7.80. The van der Waals surface area contributed by atoms with Crippen molar-refractivity contribution in [2.75, 3.05) is 14.2 Å². The second-order valence-electron chi connectivity index (χ2n) is 5.79. The molecule has 2 aromatic rings. The Balaban J connectivity index is 1.84. The number of likely N-dealkylation sites (N-methyl/N-ethyl adjacent to an activating group) is 1. The standard InChI is InChI=1S/C19H16Cl2N2O3S/c1-23-18(24)15(22-19(23)27)8-11-3-5-16(25-2)12(7-11)10-26-17-6-4-13(20)9-14(17)21/h3-9H,10H2,1-2H3,(H,22,27)/b15-8+. The number of halogens is 2. The fourth-order valence-corrected chi connectivity index (χ4v) is 3.19. The van der Waals surface area contributed by atoms with Gasteiger partial charge in [-0.3, -0.25) is 9.69 Å². The van der Waals surface area contributed by atoms with Gasteiger partial charge in [-0.05, 0) is 54.2 Å². The van der Waals surface area contributed by atoms with Crippen LogP contribution >= 0.6 is 35.4 Å². The number of nitrogens with one attached hydrogen (secondary N) is 1. The van der Waals surface area contributed by atoms with Crippen molar-refractivity contribution >= 4 is 52.5 Å². The van der Waals surface area contributed by atoms with Crippen molar-refractivity contribution in [3.05, 3.63) is 63.3 Å². The summed E-state index contributed by atoms with van der Waals surface area (Å²) < 4.78 is 11.2. The van der Waals surface area contributed by atoms with Gasteiger partial charge in [0.2, 0.25) is 0 Å². The maximum atomic E-state index is 12.1. The summed E-state index contributed by atoms with van der Waals surface area (Å²) in [6.07, 6.45) is 1.73. The number of ether oxygens (including phenoxy) is 2. The van der Waals surface area contributed by atoms with Gasteiger partial charge in [0.1, 0.15) is 23.8 Å². The second-order valence-corrected chi connectivity index (χ2v) is 7.02. The highest BCUT2D eigenvalue weighted by Crippen LogP contribution is 2.30. The number of carbonyl (C=O) groups excluding carboxylic acids is 1. The van der Waals surface area contributed by atoms with Gasteiger partial charge in [-0.2, -0.15) is 0 Å². The number of hydrogen-bond acceptors (Lipinski definition) is 4. The van der Waals surface area contributed by atoms with Crippen LogP contribution < -0.4 is 14.8 Å². The summed E-state index contributed by atoms with van der Waals surface area (Å²) in [6, 6.07) is 10.6. The zero-order valence-electron chi connectivity index (χ0n) is 14.6. The molecule has 1 fully saturated rings. The Labute approximate surface area is 172 Å². The molecular weight excluding hydrogens is 407 g/mol. The van der Waals surface area contributed by atoms with Gasteiger partial charge < -0.3 is 14.8 Å². The Morgan fingerprint density at radius 1 is 1.19 bits per heavy atom. The molecule has 1 N–H and O–H groups in total. The second kappa shape index (κ2) is 8.17. The highest BCUT2D eigenvalue weighted by atomic mass is 35.5. The molecule has 0 saturated carbocycles. The molecule has 2 aromatic carbocycles. The molecule has 3 rings (SSSR count). The maximum Gasteiger partial charge on any atom is 0.276 e. The lowest BCUT2D eigenvalue weighted by Gasteiger charge is -2.12. The minimum Gasteiger partial charge on any atom is -0.496 e. The summed E-state index contributed by atoms with van der Waals surface area (Å²) >= 11 is 17.1. The van der Waals surface area contributed by atoms with Crippen molar-refractivity contribution in [3.8, 4) is 11.5 Å². The van der Waals surface area contributed by atoms with Gasteiger partial charge in [-0.15, -0.1) is 0 Å². The van der Waals surface area contributed by atoms with Crippen LogP contribution in [0.25, 0.3) is 6.08 Å². The van der Waals surface area contributed by atoms with Crippen molar-refractivity contribution in [1.82, 2.24) is 10.2 Å². The average Bonchev–Trinajstić information content (AvgIpc) is 2.88. The molecule has 8 heteroatoms. The predicted octanol–water partition coefficient (Wildman–Crippen LogP) is 4.27. The molecule has 1 amide bonds. The average molecular weight is 423 g/mol. The fraction of sp³-hybridized carbons (Fsp3) is 0.158. The number of nitrogens with zero attached hydrogens (tertiary/aromatic N) is 1. The normalized spacial score (nSPS) is 15.3. The Hall–Kier alpha value is -2.28. The lowest BCUT2D eigenvalue weighted by molar-refractivity contribution is -0.121. The molecule has 5 nitrogen and oxygen atoms in total. The molecule has 0 unspecified atom stereocenters. The van der Waals surface area contributed by atoms with Gasteiger partial charge in [-0.1, -0.05) is 29.3 Å². The molecule has 1 saturated heterocycles. The number of methoxy groups -OCH3 is 1. The van der Waals surface area contributed by atoms with Gasteiger partial charge in [0, 0.05) is 17.6 Å². The molecule has 0 atom stereocenters. The molecule has 1 aliphatic rings. The summed E-state index contributed by atoms with van der Waals surface area (Å²) in [4.78, 5) is 13.5. The lowest BCUT2D eigenvalue weighted by Crippen LogP contribution is -2.25. The van der Waals surface area contributed by atoms with E-state index in [4.69, 9.17) is 44.9 Å². The summed E-state index contributed by atoms with van der Waals surface area (Å²) in [7, 11) is 3.21. The van der Waals surface area contributed by atoms with Crippen LogP contribution in [0.4, 0.5) is 0 Å². The third-order valence-electron chi connectivity index (χ3n) is 3.97. The molecule has 0 bridgehead atoms. The zero-order chi connectivity index (χ0) is 19.6. The van der Waals surface area contributed by atoms with Crippen molar-refractivity contribution < 1.29 is 14.3 Å². The number of rotatable bonds is 5. The van der Waals surface area contributed by atoms with E-state index in [0.29, 0.717) is 32.4 Å². The van der Waals surface area contributed by atoms with E-state index in [1.54, 1.807) is 38.4 Å². The van der Waals surface area contributed by atoms with Gasteiger partial charge in [-0.25, -0.2) is 0 Å². The van der Waals surface area contributed by atoms with Crippen LogP contribution in [0.5, 0.6) is 11.5 Å².